The first kappa shape index (κ1) is 17.4. The highest BCUT2D eigenvalue weighted by atomic mass is 16.5. The zero-order chi connectivity index (χ0) is 15.1. The van der Waals surface area contributed by atoms with Crippen LogP contribution < -0.4 is 0 Å². The van der Waals surface area contributed by atoms with E-state index in [1.165, 1.54) is 25.7 Å². The fourth-order valence-electron chi connectivity index (χ4n) is 2.80. The third kappa shape index (κ3) is 5.80. The maximum absolute atomic E-state index is 12.5. The van der Waals surface area contributed by atoms with E-state index in [0.717, 1.165) is 12.8 Å². The van der Waals surface area contributed by atoms with Crippen LogP contribution in [0.15, 0.2) is 0 Å². The minimum atomic E-state index is -0.508. The molecule has 4 nitrogen and oxygen atoms in total. The van der Waals surface area contributed by atoms with Crippen molar-refractivity contribution in [2.24, 2.45) is 0 Å². The van der Waals surface area contributed by atoms with Gasteiger partial charge in [-0.05, 0) is 40.5 Å². The van der Waals surface area contributed by atoms with Crippen LogP contribution >= 0.6 is 0 Å². The predicted molar refractivity (Wildman–Crippen MR) is 80.6 cm³/mol. The zero-order valence-electron chi connectivity index (χ0n) is 13.5. The van der Waals surface area contributed by atoms with Gasteiger partial charge in [0.25, 0.3) is 5.91 Å². The van der Waals surface area contributed by atoms with Gasteiger partial charge < -0.3 is 14.7 Å². The van der Waals surface area contributed by atoms with Gasteiger partial charge in [0.05, 0.1) is 12.2 Å². The molecule has 1 aliphatic carbocycles. The molecule has 1 saturated carbocycles. The first-order valence-electron chi connectivity index (χ1n) is 8.05. The van der Waals surface area contributed by atoms with Gasteiger partial charge in [-0.3, -0.25) is 4.79 Å². The molecule has 1 rings (SSSR count). The molecule has 0 radical (unpaired) electrons. The number of aliphatic hydroxyl groups is 1. The van der Waals surface area contributed by atoms with Crippen molar-refractivity contribution in [2.75, 3.05) is 6.54 Å². The lowest BCUT2D eigenvalue weighted by atomic mass is 10.1. The highest BCUT2D eigenvalue weighted by Gasteiger charge is 2.26. The van der Waals surface area contributed by atoms with Gasteiger partial charge in [0, 0.05) is 12.6 Å². The molecule has 0 saturated heterocycles. The van der Waals surface area contributed by atoms with Crippen LogP contribution in [0.1, 0.15) is 66.2 Å². The van der Waals surface area contributed by atoms with E-state index in [0.29, 0.717) is 6.54 Å². The molecule has 20 heavy (non-hydrogen) atoms. The van der Waals surface area contributed by atoms with Gasteiger partial charge in [-0.25, -0.2) is 0 Å². The fourth-order valence-corrected chi connectivity index (χ4v) is 2.80. The molecule has 2 unspecified atom stereocenters. The minimum Gasteiger partial charge on any atom is -0.392 e. The Morgan fingerprint density at radius 1 is 1.15 bits per heavy atom. The van der Waals surface area contributed by atoms with Crippen LogP contribution in [0.3, 0.4) is 0 Å². The molecule has 0 aromatic heterocycles. The van der Waals surface area contributed by atoms with Crippen molar-refractivity contribution in [3.8, 4) is 0 Å². The standard InChI is InChI=1S/C16H31NO3/c1-12(2)17(11-13(3)18)16(19)14(4)20-15-9-7-5-6-8-10-15/h12-15,18H,5-11H2,1-4H3. The van der Waals surface area contributed by atoms with Crippen LogP contribution in [-0.4, -0.2) is 46.8 Å². The minimum absolute atomic E-state index is 0.00912. The van der Waals surface area contributed by atoms with Gasteiger partial charge in [-0.15, -0.1) is 0 Å². The summed E-state index contributed by atoms with van der Waals surface area (Å²) in [5.74, 6) is -0.00912. The molecule has 118 valence electrons. The van der Waals surface area contributed by atoms with E-state index in [2.05, 4.69) is 0 Å². The van der Waals surface area contributed by atoms with Crippen molar-refractivity contribution in [2.45, 2.75) is 90.6 Å². The number of hydrogen-bond acceptors (Lipinski definition) is 3. The monoisotopic (exact) mass is 285 g/mol. The van der Waals surface area contributed by atoms with Crippen LogP contribution in [-0.2, 0) is 9.53 Å². The zero-order valence-corrected chi connectivity index (χ0v) is 13.5. The first-order chi connectivity index (χ1) is 9.41. The molecular formula is C16H31NO3. The number of carbonyl (C=O) groups is 1. The summed E-state index contributed by atoms with van der Waals surface area (Å²) in [6.07, 6.45) is 6.39. The third-order valence-electron chi connectivity index (χ3n) is 3.91. The largest absolute Gasteiger partial charge is 0.392 e. The van der Waals surface area contributed by atoms with Gasteiger partial charge in [-0.2, -0.15) is 0 Å². The lowest BCUT2D eigenvalue weighted by Crippen LogP contribution is -2.47. The Balaban J connectivity index is 2.54. The molecule has 2 atom stereocenters. The van der Waals surface area contributed by atoms with Gasteiger partial charge in [-0.1, -0.05) is 25.7 Å². The van der Waals surface area contributed by atoms with Gasteiger partial charge >= 0.3 is 0 Å². The Kier molecular flexibility index (Phi) is 7.52. The Bertz CT molecular complexity index is 283. The smallest absolute Gasteiger partial charge is 0.251 e. The quantitative estimate of drug-likeness (QED) is 0.763. The summed E-state index contributed by atoms with van der Waals surface area (Å²) in [4.78, 5) is 14.2. The number of hydrogen-bond donors (Lipinski definition) is 1. The average Bonchev–Trinajstić information content (AvgIpc) is 2.63. The molecule has 0 bridgehead atoms. The summed E-state index contributed by atoms with van der Waals surface area (Å²) >= 11 is 0. The Hall–Kier alpha value is -0.610. The predicted octanol–water partition coefficient (Wildman–Crippen LogP) is 2.73. The topological polar surface area (TPSA) is 49.8 Å². The highest BCUT2D eigenvalue weighted by Crippen LogP contribution is 2.21. The van der Waals surface area contributed by atoms with E-state index in [-0.39, 0.29) is 18.1 Å². The molecule has 1 amide bonds. The summed E-state index contributed by atoms with van der Waals surface area (Å²) in [6, 6.07) is 0.0808. The second-order valence-electron chi connectivity index (χ2n) is 6.33. The van der Waals surface area contributed by atoms with E-state index >= 15 is 0 Å². The van der Waals surface area contributed by atoms with Crippen molar-refractivity contribution >= 4 is 5.91 Å². The van der Waals surface area contributed by atoms with E-state index in [1.807, 2.05) is 20.8 Å². The van der Waals surface area contributed by atoms with Crippen LogP contribution in [0.5, 0.6) is 0 Å². The molecule has 4 heteroatoms. The molecule has 0 heterocycles. The molecule has 0 aromatic carbocycles. The lowest BCUT2D eigenvalue weighted by Gasteiger charge is -2.31. The Morgan fingerprint density at radius 3 is 2.15 bits per heavy atom. The fraction of sp³-hybridized carbons (Fsp3) is 0.938. The summed E-state index contributed by atoms with van der Waals surface area (Å²) in [7, 11) is 0. The van der Waals surface area contributed by atoms with Crippen LogP contribution in [0.25, 0.3) is 0 Å². The normalized spacial score (nSPS) is 20.5. The van der Waals surface area contributed by atoms with E-state index in [4.69, 9.17) is 4.74 Å². The number of ether oxygens (including phenoxy) is 1. The van der Waals surface area contributed by atoms with Crippen LogP contribution in [0.2, 0.25) is 0 Å². The average molecular weight is 285 g/mol. The van der Waals surface area contributed by atoms with Gasteiger partial charge in [0.2, 0.25) is 0 Å². The molecule has 1 fully saturated rings. The van der Waals surface area contributed by atoms with Gasteiger partial charge in [0.15, 0.2) is 0 Å². The number of aliphatic hydroxyl groups excluding tert-OH is 1. The molecule has 0 spiro atoms. The molecular weight excluding hydrogens is 254 g/mol. The van der Waals surface area contributed by atoms with Crippen molar-refractivity contribution in [3.05, 3.63) is 0 Å². The molecule has 1 N–H and O–H groups in total. The number of nitrogens with zero attached hydrogens (tertiary/aromatic N) is 1. The molecule has 0 aromatic rings. The summed E-state index contributed by atoms with van der Waals surface area (Å²) < 4.78 is 5.97. The number of carbonyl (C=O) groups excluding carboxylic acids is 1. The van der Waals surface area contributed by atoms with Crippen LogP contribution in [0, 0.1) is 0 Å². The number of rotatable bonds is 6. The van der Waals surface area contributed by atoms with Gasteiger partial charge in [0.1, 0.15) is 6.10 Å². The maximum Gasteiger partial charge on any atom is 0.251 e. The van der Waals surface area contributed by atoms with E-state index < -0.39 is 12.2 Å². The van der Waals surface area contributed by atoms with E-state index in [9.17, 15) is 9.90 Å². The summed E-state index contributed by atoms with van der Waals surface area (Å²) in [6.45, 7) is 7.86. The lowest BCUT2D eigenvalue weighted by molar-refractivity contribution is -0.149. The van der Waals surface area contributed by atoms with E-state index in [1.54, 1.807) is 11.8 Å². The van der Waals surface area contributed by atoms with Crippen molar-refractivity contribution < 1.29 is 14.6 Å². The second kappa shape index (κ2) is 8.63. The van der Waals surface area contributed by atoms with Crippen molar-refractivity contribution in [1.82, 2.24) is 4.90 Å². The maximum atomic E-state index is 12.5. The number of amides is 1. The summed E-state index contributed by atoms with van der Waals surface area (Å²) in [5.41, 5.74) is 0. The Morgan fingerprint density at radius 2 is 1.70 bits per heavy atom. The SMILES string of the molecule is CC(O)CN(C(=O)C(C)OC1CCCCCC1)C(C)C. The Labute approximate surface area is 123 Å². The first-order valence-corrected chi connectivity index (χ1v) is 8.05. The van der Waals surface area contributed by atoms with Crippen molar-refractivity contribution in [1.29, 1.82) is 0 Å². The van der Waals surface area contributed by atoms with Crippen molar-refractivity contribution in [3.63, 3.8) is 0 Å². The molecule has 0 aliphatic heterocycles. The highest BCUT2D eigenvalue weighted by molar-refractivity contribution is 5.80. The second-order valence-corrected chi connectivity index (χ2v) is 6.33. The summed E-state index contributed by atoms with van der Waals surface area (Å²) in [5, 5.41) is 9.53. The third-order valence-corrected chi connectivity index (χ3v) is 3.91. The van der Waals surface area contributed by atoms with Crippen LogP contribution in [0.4, 0.5) is 0 Å². The molecule has 1 aliphatic rings.